The van der Waals surface area contributed by atoms with Crippen molar-refractivity contribution in [2.24, 2.45) is 0 Å². The molecule has 0 atom stereocenters. The number of anilines is 3. The van der Waals surface area contributed by atoms with Gasteiger partial charge < -0.3 is 10.1 Å². The summed E-state index contributed by atoms with van der Waals surface area (Å²) in [5.41, 5.74) is 1.03. The number of hydrogen-bond acceptors (Lipinski definition) is 6. The van der Waals surface area contributed by atoms with Crippen LogP contribution in [0.25, 0.3) is 0 Å². The zero-order valence-electron chi connectivity index (χ0n) is 12.2. The molecule has 0 spiro atoms. The Morgan fingerprint density at radius 2 is 2.09 bits per heavy atom. The largest absolute Gasteiger partial charge is 0.497 e. The molecule has 2 aromatic rings. The normalized spacial score (nSPS) is 11.1. The Labute approximate surface area is 137 Å². The number of nitrogens with zero attached hydrogens (tertiary/aromatic N) is 3. The quantitative estimate of drug-likeness (QED) is 0.848. The van der Waals surface area contributed by atoms with Crippen LogP contribution in [0.2, 0.25) is 0 Å². The van der Waals surface area contributed by atoms with Crippen LogP contribution in [0.3, 0.4) is 0 Å². The molecule has 0 saturated heterocycles. The molecule has 9 heteroatoms. The first-order valence-corrected chi connectivity index (χ1v) is 8.81. The minimum Gasteiger partial charge on any atom is -0.497 e. The zero-order valence-corrected chi connectivity index (χ0v) is 14.6. The summed E-state index contributed by atoms with van der Waals surface area (Å²) >= 11 is 3.34. The van der Waals surface area contributed by atoms with Crippen molar-refractivity contribution < 1.29 is 13.2 Å². The van der Waals surface area contributed by atoms with Crippen molar-refractivity contribution in [1.82, 2.24) is 9.97 Å². The molecule has 0 aliphatic rings. The Morgan fingerprint density at radius 1 is 1.36 bits per heavy atom. The summed E-state index contributed by atoms with van der Waals surface area (Å²) in [5.74, 6) is 1.08. The van der Waals surface area contributed by atoms with E-state index in [4.69, 9.17) is 4.74 Å². The molecule has 1 aromatic heterocycles. The van der Waals surface area contributed by atoms with Crippen molar-refractivity contribution in [1.29, 1.82) is 0 Å². The van der Waals surface area contributed by atoms with E-state index < -0.39 is 10.0 Å². The Morgan fingerprint density at radius 3 is 2.68 bits per heavy atom. The van der Waals surface area contributed by atoms with Gasteiger partial charge in [-0.3, -0.25) is 4.31 Å². The number of hydrogen-bond donors (Lipinski definition) is 1. The minimum atomic E-state index is -3.41. The maximum Gasteiger partial charge on any atom is 0.232 e. The number of rotatable bonds is 5. The maximum absolute atomic E-state index is 11.8. The van der Waals surface area contributed by atoms with Crippen molar-refractivity contribution >= 4 is 43.1 Å². The van der Waals surface area contributed by atoms with Crippen LogP contribution in [-0.4, -0.2) is 38.8 Å². The van der Waals surface area contributed by atoms with Gasteiger partial charge in [0.1, 0.15) is 17.9 Å². The summed E-state index contributed by atoms with van der Waals surface area (Å²) in [5, 5.41) is 3.09. The predicted molar refractivity (Wildman–Crippen MR) is 89.3 cm³/mol. The van der Waals surface area contributed by atoms with Gasteiger partial charge in [0.15, 0.2) is 0 Å². The van der Waals surface area contributed by atoms with E-state index in [0.29, 0.717) is 27.4 Å². The van der Waals surface area contributed by atoms with Crippen LogP contribution in [0, 0.1) is 0 Å². The number of nitrogens with one attached hydrogen (secondary N) is 1. The predicted octanol–water partition coefficient (Wildman–Crippen LogP) is 2.39. The number of benzene rings is 1. The molecule has 2 rings (SSSR count). The van der Waals surface area contributed by atoms with Crippen LogP contribution < -0.4 is 14.4 Å². The van der Waals surface area contributed by atoms with E-state index in [-0.39, 0.29) is 0 Å². The highest BCUT2D eigenvalue weighted by atomic mass is 79.9. The average Bonchev–Trinajstić information content (AvgIpc) is 2.48. The fraction of sp³-hybridized carbons (Fsp3) is 0.231. The van der Waals surface area contributed by atoms with Crippen LogP contribution in [0.4, 0.5) is 17.2 Å². The van der Waals surface area contributed by atoms with Gasteiger partial charge in [-0.1, -0.05) is 0 Å². The van der Waals surface area contributed by atoms with E-state index in [2.05, 4.69) is 31.2 Å². The molecular formula is C13H15BrN4O3S. The van der Waals surface area contributed by atoms with Crippen LogP contribution >= 0.6 is 15.9 Å². The number of methoxy groups -OCH3 is 1. The Bertz CT molecular complexity index is 783. The van der Waals surface area contributed by atoms with Gasteiger partial charge in [-0.05, 0) is 28.1 Å². The first kappa shape index (κ1) is 16.5. The molecule has 0 radical (unpaired) electrons. The lowest BCUT2D eigenvalue weighted by Crippen LogP contribution is -2.25. The van der Waals surface area contributed by atoms with Crippen LogP contribution in [0.1, 0.15) is 0 Å². The van der Waals surface area contributed by atoms with Crippen LogP contribution in [0.5, 0.6) is 5.75 Å². The average molecular weight is 387 g/mol. The number of halogens is 1. The standard InChI is InChI=1S/C13H15BrN4O3S/c1-18(22(3,19)20)12-6-9(21-2)4-5-11(12)17-13-10(14)7-15-8-16-13/h4-8H,1-3H3,(H,15,16,17). The number of sulfonamides is 1. The summed E-state index contributed by atoms with van der Waals surface area (Å²) in [7, 11) is -0.414. The maximum atomic E-state index is 11.8. The summed E-state index contributed by atoms with van der Waals surface area (Å²) in [6.07, 6.45) is 4.13. The summed E-state index contributed by atoms with van der Waals surface area (Å²) in [4.78, 5) is 8.00. The lowest BCUT2D eigenvalue weighted by atomic mass is 10.2. The molecule has 0 amide bonds. The second-order valence-corrected chi connectivity index (χ2v) is 7.33. The highest BCUT2D eigenvalue weighted by molar-refractivity contribution is 9.10. The summed E-state index contributed by atoms with van der Waals surface area (Å²) in [6, 6.07) is 5.10. The van der Waals surface area contributed by atoms with Gasteiger partial charge in [0.2, 0.25) is 10.0 Å². The lowest BCUT2D eigenvalue weighted by Gasteiger charge is -2.21. The Kier molecular flexibility index (Phi) is 4.87. The number of ether oxygens (including phenoxy) is 1. The van der Waals surface area contributed by atoms with E-state index in [1.165, 1.54) is 24.8 Å². The highest BCUT2D eigenvalue weighted by Crippen LogP contribution is 2.34. The fourth-order valence-electron chi connectivity index (χ4n) is 1.72. The van der Waals surface area contributed by atoms with E-state index in [9.17, 15) is 8.42 Å². The molecule has 0 aliphatic heterocycles. The van der Waals surface area contributed by atoms with Crippen LogP contribution in [0.15, 0.2) is 35.2 Å². The van der Waals surface area contributed by atoms with Crippen LogP contribution in [-0.2, 0) is 10.0 Å². The molecule has 1 heterocycles. The van der Waals surface area contributed by atoms with Crippen molar-refractivity contribution in [2.45, 2.75) is 0 Å². The first-order valence-electron chi connectivity index (χ1n) is 6.17. The third kappa shape index (κ3) is 3.66. The lowest BCUT2D eigenvalue weighted by molar-refractivity contribution is 0.415. The first-order chi connectivity index (χ1) is 10.3. The minimum absolute atomic E-state index is 0.451. The van der Waals surface area contributed by atoms with Gasteiger partial charge in [0.25, 0.3) is 0 Å². The van der Waals surface area contributed by atoms with E-state index in [1.54, 1.807) is 24.4 Å². The van der Waals surface area contributed by atoms with E-state index >= 15 is 0 Å². The molecule has 0 fully saturated rings. The molecule has 0 saturated carbocycles. The summed E-state index contributed by atoms with van der Waals surface area (Å²) < 4.78 is 30.7. The van der Waals surface area contributed by atoms with Crippen molar-refractivity contribution in [2.75, 3.05) is 30.0 Å². The van der Waals surface area contributed by atoms with Gasteiger partial charge in [-0.15, -0.1) is 0 Å². The molecule has 1 N–H and O–H groups in total. The van der Waals surface area contributed by atoms with Crippen molar-refractivity contribution in [3.05, 3.63) is 35.2 Å². The van der Waals surface area contributed by atoms with Gasteiger partial charge in [-0.2, -0.15) is 0 Å². The third-order valence-corrected chi connectivity index (χ3v) is 4.73. The van der Waals surface area contributed by atoms with Gasteiger partial charge in [0, 0.05) is 19.3 Å². The van der Waals surface area contributed by atoms with E-state index in [0.717, 1.165) is 6.26 Å². The second kappa shape index (κ2) is 6.49. The zero-order chi connectivity index (χ0) is 16.3. The SMILES string of the molecule is COc1ccc(Nc2ncncc2Br)c(N(C)S(C)(=O)=O)c1. The molecule has 0 aliphatic carbocycles. The Hall–Kier alpha value is -1.87. The van der Waals surface area contributed by atoms with Gasteiger partial charge in [-0.25, -0.2) is 18.4 Å². The monoisotopic (exact) mass is 386 g/mol. The van der Waals surface area contributed by atoms with E-state index in [1.807, 2.05) is 0 Å². The summed E-state index contributed by atoms with van der Waals surface area (Å²) in [6.45, 7) is 0. The molecule has 0 unspecified atom stereocenters. The molecular weight excluding hydrogens is 372 g/mol. The molecule has 22 heavy (non-hydrogen) atoms. The topological polar surface area (TPSA) is 84.4 Å². The highest BCUT2D eigenvalue weighted by Gasteiger charge is 2.17. The number of aromatic nitrogens is 2. The smallest absolute Gasteiger partial charge is 0.232 e. The molecule has 1 aromatic carbocycles. The Balaban J connectivity index is 2.49. The van der Waals surface area contributed by atoms with Gasteiger partial charge >= 0.3 is 0 Å². The van der Waals surface area contributed by atoms with Crippen molar-refractivity contribution in [3.63, 3.8) is 0 Å². The second-order valence-electron chi connectivity index (χ2n) is 4.46. The van der Waals surface area contributed by atoms with Crippen molar-refractivity contribution in [3.8, 4) is 5.75 Å². The third-order valence-electron chi connectivity index (χ3n) is 2.96. The van der Waals surface area contributed by atoms with Gasteiger partial charge in [0.05, 0.1) is 29.2 Å². The fourth-order valence-corrected chi connectivity index (χ4v) is 2.54. The molecule has 118 valence electrons. The molecule has 7 nitrogen and oxygen atoms in total. The molecule has 0 bridgehead atoms.